The highest BCUT2D eigenvalue weighted by atomic mass is 31.2. The molecule has 0 bridgehead atoms. The first kappa shape index (κ1) is 92.0. The van der Waals surface area contributed by atoms with Crippen LogP contribution in [0.2, 0.25) is 0 Å². The number of benzene rings is 13. The van der Waals surface area contributed by atoms with Crippen LogP contribution in [0.15, 0.2) is 249 Å². The first-order valence-corrected chi connectivity index (χ1v) is 45.7. The number of carbonyl (C=O) groups is 2. The Balaban J connectivity index is 0.000000192. The van der Waals surface area contributed by atoms with Gasteiger partial charge in [0, 0.05) is 91.9 Å². The second-order valence-electron chi connectivity index (χ2n) is 30.9. The molecule has 0 spiro atoms. The lowest BCUT2D eigenvalue weighted by molar-refractivity contribution is -0.176. The zero-order valence-corrected chi connectivity index (χ0v) is 74.1. The van der Waals surface area contributed by atoms with Gasteiger partial charge in [-0.25, -0.2) is 4.85 Å². The summed E-state index contributed by atoms with van der Waals surface area (Å²) in [6.07, 6.45) is 23.5. The lowest BCUT2D eigenvalue weighted by Crippen LogP contribution is -2.28. The van der Waals surface area contributed by atoms with Gasteiger partial charge < -0.3 is 42.7 Å². The summed E-state index contributed by atoms with van der Waals surface area (Å²) in [5.74, 6) is 1.66. The van der Waals surface area contributed by atoms with E-state index >= 15 is 0 Å². The summed E-state index contributed by atoms with van der Waals surface area (Å²) in [4.78, 5) is 33.5. The van der Waals surface area contributed by atoms with Crippen LogP contribution in [0.25, 0.3) is 50.7 Å². The predicted molar refractivity (Wildman–Crippen MR) is 517 cm³/mol. The van der Waals surface area contributed by atoms with Gasteiger partial charge >= 0.3 is 7.60 Å². The number of carbonyl (C=O) groups excluding carboxylic acids is 2. The fraction of sp³-hybridized carbons (Fsp3) is 0.229. The molecule has 0 N–H and O–H groups in total. The molecule has 19 heteroatoms. The SMILES string of the molecule is C.CCOC(OCC)(P=O)c1ccc2c(C#N)c(CP(=O)(OCC)OCC)ccc2c1C#N.COc1ccc(N(c2ccc(C=O)cc2)c2cccc3c2CCCC3)cc1.[C-]#[N+]c1c(C=Cc2ccc(N(c3ccc(C=O)cc3)c3cccc4c3CCCC4)cc2)ccc2c(C#N)c(C=Cc3ccc(N(c4ccc(OC)cc4)c4cccc5c4CCCC5)cc3)ccc12. The van der Waals surface area contributed by atoms with Gasteiger partial charge in [0.05, 0.1) is 56.9 Å². The van der Waals surface area contributed by atoms with Crippen LogP contribution in [0.1, 0.15) is 178 Å². The molecule has 0 aliphatic heterocycles. The van der Waals surface area contributed by atoms with E-state index in [1.807, 2.05) is 121 Å². The van der Waals surface area contributed by atoms with E-state index in [0.29, 0.717) is 44.3 Å². The second kappa shape index (κ2) is 43.5. The molecule has 13 aromatic carbocycles. The largest absolute Gasteiger partial charge is 0.497 e. The molecule has 0 atom stereocenters. The van der Waals surface area contributed by atoms with Crippen molar-refractivity contribution >= 4 is 131 Å². The van der Waals surface area contributed by atoms with Crippen molar-refractivity contribution in [3.8, 4) is 29.7 Å². The van der Waals surface area contributed by atoms with E-state index in [0.717, 1.165) is 130 Å². The van der Waals surface area contributed by atoms with Gasteiger partial charge in [0.1, 0.15) is 42.3 Å². The average Bonchev–Trinajstić information content (AvgIpc) is 0.750. The normalized spacial score (nSPS) is 12.7. The molecular weight excluding hydrogens is 1630 g/mol. The minimum absolute atomic E-state index is 0. The Kier molecular flexibility index (Phi) is 31.3. The molecule has 0 heterocycles. The van der Waals surface area contributed by atoms with Crippen LogP contribution in [0.4, 0.5) is 56.9 Å². The first-order chi connectivity index (χ1) is 62.2. The zero-order chi connectivity index (χ0) is 88.8. The van der Waals surface area contributed by atoms with Crippen molar-refractivity contribution in [3.63, 3.8) is 0 Å². The minimum Gasteiger partial charge on any atom is -0.497 e. The Hall–Kier alpha value is -13.7. The highest BCUT2D eigenvalue weighted by Gasteiger charge is 2.39. The third-order valence-electron chi connectivity index (χ3n) is 23.4. The summed E-state index contributed by atoms with van der Waals surface area (Å²) in [5.41, 5.74) is 24.0. The molecule has 0 saturated heterocycles. The number of nitriles is 3. The molecule has 0 fully saturated rings. The zero-order valence-electron chi connectivity index (χ0n) is 72.3. The standard InChI is InChI=1S/C62H50N4O2.C24H23NO2.C22H26N2O6P2.CH4/c1-64-62-49(26-18-44-21-31-50(32-22-44)65(52-33-23-45(42-67)24-34-52)60-15-7-11-46-9-3-5-13-55(46)60)28-39-57-58(62)40-27-48(59(57)41-63)25-17-43-19-29-51(30-20-43)66(53-35-37-54(68-2)38-36-53)61-16-8-12-47-10-4-6-14-56(47)61;1-27-22-15-13-21(14-16-22)25(20-11-9-18(17-26)10-12-20)24-8-4-6-19-5-2-3-7-23(19)24;1-5-27-22(31-25,28-6-2)21-12-11-17-18(20(21)14-24)10-9-16(19(17)13-23)15-32(26,29-7-3)30-8-4;/h7-8,11-12,15-40,42H,3-6,9-10,13-14H2,2H3;4,6,8-17H,2-3,5,7H2,1H3;9-12H,5-8,15H2,1-4H3;1H4. The Morgan fingerprint density at radius 1 is 0.414 bits per heavy atom. The summed E-state index contributed by atoms with van der Waals surface area (Å²) in [6, 6.07) is 89.8. The molecule has 0 unspecified atom stereocenters. The molecule has 17 nitrogen and oxygen atoms in total. The maximum absolute atomic E-state index is 13.0. The molecule has 3 aliphatic carbocycles. The summed E-state index contributed by atoms with van der Waals surface area (Å²) in [5, 5.41) is 32.8. The number of ether oxygens (including phenoxy) is 4. The maximum Gasteiger partial charge on any atom is 0.335 e. The van der Waals surface area contributed by atoms with Crippen molar-refractivity contribution in [3.05, 3.63) is 355 Å². The molecule has 16 rings (SSSR count). The van der Waals surface area contributed by atoms with Crippen LogP contribution >= 0.6 is 16.1 Å². The van der Waals surface area contributed by atoms with Crippen LogP contribution in [-0.4, -0.2) is 53.2 Å². The van der Waals surface area contributed by atoms with Gasteiger partial charge in [-0.1, -0.05) is 141 Å². The van der Waals surface area contributed by atoms with Crippen molar-refractivity contribution in [1.29, 1.82) is 15.8 Å². The lowest BCUT2D eigenvalue weighted by atomic mass is 9.90. The molecule has 0 aromatic heterocycles. The van der Waals surface area contributed by atoms with Crippen molar-refractivity contribution in [2.45, 2.75) is 124 Å². The summed E-state index contributed by atoms with van der Waals surface area (Å²) >= 11 is 0. The molecule has 644 valence electrons. The predicted octanol–water partition coefficient (Wildman–Crippen LogP) is 28.4. The van der Waals surface area contributed by atoms with Crippen LogP contribution in [0, 0.1) is 40.6 Å². The Morgan fingerprint density at radius 2 is 0.766 bits per heavy atom. The topological polar surface area (TPSA) is 209 Å². The molecule has 0 radical (unpaired) electrons. The van der Waals surface area contributed by atoms with Gasteiger partial charge in [0.25, 0.3) is 5.53 Å². The Morgan fingerprint density at radius 3 is 1.14 bits per heavy atom. The number of aldehydes is 2. The molecule has 128 heavy (non-hydrogen) atoms. The van der Waals surface area contributed by atoms with Crippen molar-refractivity contribution in [2.24, 2.45) is 0 Å². The number of nitrogens with zero attached hydrogens (tertiary/aromatic N) is 7. The smallest absolute Gasteiger partial charge is 0.335 e. The molecular formula is C109H103N7O10P2. The number of rotatable bonds is 29. The summed E-state index contributed by atoms with van der Waals surface area (Å²) < 4.78 is 58.0. The number of hydrogen-bond acceptors (Lipinski definition) is 16. The van der Waals surface area contributed by atoms with Crippen LogP contribution < -0.4 is 24.2 Å². The van der Waals surface area contributed by atoms with Crippen LogP contribution in [0.3, 0.4) is 0 Å². The number of aryl methyl sites for hydroxylation is 3. The highest BCUT2D eigenvalue weighted by molar-refractivity contribution is 7.53. The van der Waals surface area contributed by atoms with E-state index in [-0.39, 0.29) is 51.1 Å². The Bertz CT molecular complexity index is 6430. The monoisotopic (exact) mass is 1730 g/mol. The van der Waals surface area contributed by atoms with E-state index in [1.165, 1.54) is 89.0 Å². The lowest BCUT2D eigenvalue weighted by Gasteiger charge is -2.30. The summed E-state index contributed by atoms with van der Waals surface area (Å²) in [7, 11) is -0.518. The van der Waals surface area contributed by atoms with Gasteiger partial charge in [-0.3, -0.25) is 18.7 Å². The van der Waals surface area contributed by atoms with Gasteiger partial charge in [0.15, 0.2) is 0 Å². The maximum atomic E-state index is 13.0. The fourth-order valence-corrected chi connectivity index (χ4v) is 19.7. The third-order valence-corrected chi connectivity index (χ3v) is 26.2. The average molecular weight is 1730 g/mol. The molecule has 0 saturated carbocycles. The van der Waals surface area contributed by atoms with Gasteiger partial charge in [-0.2, -0.15) is 15.8 Å². The Labute approximate surface area is 752 Å². The number of anilines is 9. The van der Waals surface area contributed by atoms with Crippen LogP contribution in [0.5, 0.6) is 11.5 Å². The van der Waals surface area contributed by atoms with Gasteiger partial charge in [-0.05, 0) is 316 Å². The van der Waals surface area contributed by atoms with Crippen molar-refractivity contribution < 1.29 is 46.7 Å². The molecule has 3 aliphatic rings. The number of methoxy groups -OCH3 is 2. The van der Waals surface area contributed by atoms with E-state index in [4.69, 9.17) is 34.6 Å². The quantitative estimate of drug-likeness (QED) is 0.0140. The van der Waals surface area contributed by atoms with Gasteiger partial charge in [-0.15, -0.1) is 0 Å². The van der Waals surface area contributed by atoms with E-state index < -0.39 is 21.6 Å². The number of hydrogen-bond donors (Lipinski definition) is 0. The summed E-state index contributed by atoms with van der Waals surface area (Å²) in [6.45, 7) is 16.0. The molecule has 0 amide bonds. The van der Waals surface area contributed by atoms with Gasteiger partial charge in [0.2, 0.25) is 14.1 Å². The molecule has 13 aromatic rings. The van der Waals surface area contributed by atoms with E-state index in [2.05, 4.69) is 165 Å². The minimum atomic E-state index is -3.44. The highest BCUT2D eigenvalue weighted by Crippen LogP contribution is 2.53. The van der Waals surface area contributed by atoms with E-state index in [1.54, 1.807) is 66.2 Å². The van der Waals surface area contributed by atoms with Crippen molar-refractivity contribution in [1.82, 2.24) is 0 Å². The van der Waals surface area contributed by atoms with Crippen LogP contribution in [-0.2, 0) is 77.9 Å². The third kappa shape index (κ3) is 20.4. The first-order valence-electron chi connectivity index (χ1n) is 43.2. The van der Waals surface area contributed by atoms with E-state index in [9.17, 15) is 34.5 Å². The fourth-order valence-electron chi connectivity index (χ4n) is 17.4. The number of fused-ring (bicyclic) bond motifs is 5. The van der Waals surface area contributed by atoms with Crippen molar-refractivity contribution in [2.75, 3.05) is 55.3 Å². The second-order valence-corrected chi connectivity index (χ2v) is 33.8.